The predicted molar refractivity (Wildman–Crippen MR) is 121 cm³/mol. The number of benzene rings is 2. The van der Waals surface area contributed by atoms with Crippen molar-refractivity contribution in [3.05, 3.63) is 69.8 Å². The van der Waals surface area contributed by atoms with Gasteiger partial charge in [0.1, 0.15) is 11.1 Å². The minimum Gasteiger partial charge on any atom is -0.440 e. The molecule has 0 bridgehead atoms. The molecule has 2 N–H and O–H groups in total. The summed E-state index contributed by atoms with van der Waals surface area (Å²) < 4.78 is 7.51. The summed E-state index contributed by atoms with van der Waals surface area (Å²) in [7, 11) is 1.67. The zero-order chi connectivity index (χ0) is 21.7. The van der Waals surface area contributed by atoms with Crippen LogP contribution in [0.4, 0.5) is 5.69 Å². The minimum absolute atomic E-state index is 0.0528. The molecule has 5 rings (SSSR count). The molecule has 7 nitrogen and oxygen atoms in total. The first-order valence-corrected chi connectivity index (χ1v) is 10.5. The maximum absolute atomic E-state index is 12.9. The Labute approximate surface area is 179 Å². The molecule has 2 aromatic heterocycles. The molecule has 0 atom stereocenters. The average Bonchev–Trinajstić information content (AvgIpc) is 3.19. The van der Waals surface area contributed by atoms with E-state index in [2.05, 4.69) is 4.90 Å². The minimum atomic E-state index is -0.696. The summed E-state index contributed by atoms with van der Waals surface area (Å²) >= 11 is 0. The van der Waals surface area contributed by atoms with Crippen LogP contribution in [0.15, 0.2) is 51.7 Å². The molecular weight excluding hydrogens is 392 g/mol. The summed E-state index contributed by atoms with van der Waals surface area (Å²) in [6, 6.07) is 13.6. The van der Waals surface area contributed by atoms with Gasteiger partial charge in [0.05, 0.1) is 11.2 Å². The lowest BCUT2D eigenvalue weighted by Crippen LogP contribution is -2.38. The molecular formula is C24H24N4O3. The van der Waals surface area contributed by atoms with Crippen LogP contribution in [-0.4, -0.2) is 28.5 Å². The van der Waals surface area contributed by atoms with Crippen LogP contribution in [0.2, 0.25) is 0 Å². The Balaban J connectivity index is 1.50. The van der Waals surface area contributed by atoms with E-state index in [4.69, 9.17) is 15.1 Å². The van der Waals surface area contributed by atoms with E-state index in [0.717, 1.165) is 46.3 Å². The number of hydrogen-bond donors (Lipinski definition) is 1. The van der Waals surface area contributed by atoms with Gasteiger partial charge in [-0.05, 0) is 43.5 Å². The van der Waals surface area contributed by atoms with Crippen molar-refractivity contribution >= 4 is 33.6 Å². The molecule has 1 saturated heterocycles. The third-order valence-electron chi connectivity index (χ3n) is 6.24. The smallest absolute Gasteiger partial charge is 0.265 e. The Morgan fingerprint density at radius 1 is 1.16 bits per heavy atom. The zero-order valence-corrected chi connectivity index (χ0v) is 17.6. The van der Waals surface area contributed by atoms with Gasteiger partial charge in [-0.2, -0.15) is 0 Å². The monoisotopic (exact) mass is 416 g/mol. The van der Waals surface area contributed by atoms with Crippen molar-refractivity contribution in [3.8, 4) is 0 Å². The van der Waals surface area contributed by atoms with Crippen molar-refractivity contribution < 1.29 is 9.21 Å². The number of aromatic nitrogens is 2. The van der Waals surface area contributed by atoms with Crippen LogP contribution in [0, 0.1) is 6.92 Å². The third-order valence-corrected chi connectivity index (χ3v) is 6.24. The topological polar surface area (TPSA) is 94.4 Å². The fourth-order valence-corrected chi connectivity index (χ4v) is 4.61. The van der Waals surface area contributed by atoms with Crippen molar-refractivity contribution in [1.29, 1.82) is 0 Å². The van der Waals surface area contributed by atoms with E-state index in [-0.39, 0.29) is 17.0 Å². The van der Waals surface area contributed by atoms with Crippen LogP contribution in [0.3, 0.4) is 0 Å². The van der Waals surface area contributed by atoms with E-state index in [1.54, 1.807) is 7.05 Å². The van der Waals surface area contributed by atoms with Crippen LogP contribution in [-0.2, 0) is 7.05 Å². The molecule has 0 spiro atoms. The van der Waals surface area contributed by atoms with Crippen molar-refractivity contribution in [2.24, 2.45) is 12.8 Å². The molecule has 3 heterocycles. The highest BCUT2D eigenvalue weighted by molar-refractivity contribution is 6.06. The summed E-state index contributed by atoms with van der Waals surface area (Å²) in [5.74, 6) is 0.251. The average molecular weight is 416 g/mol. The third kappa shape index (κ3) is 3.17. The summed E-state index contributed by atoms with van der Waals surface area (Å²) in [6.07, 6.45) is 1.63. The molecule has 0 aliphatic carbocycles. The van der Waals surface area contributed by atoms with Gasteiger partial charge in [-0.1, -0.05) is 24.3 Å². The molecule has 1 aliphatic heterocycles. The highest BCUT2D eigenvalue weighted by atomic mass is 16.3. The molecule has 0 unspecified atom stereocenters. The van der Waals surface area contributed by atoms with Gasteiger partial charge in [0.25, 0.3) is 11.5 Å². The number of aryl methyl sites for hydroxylation is 2. The van der Waals surface area contributed by atoms with Gasteiger partial charge in [-0.3, -0.25) is 9.59 Å². The molecule has 7 heteroatoms. The SMILES string of the molecule is Cc1ccc2oc(C3CCN(c4c(C(N)=O)c(=O)n(C)c5ccccc45)CC3)nc2c1. The molecule has 1 aliphatic rings. The second-order valence-corrected chi connectivity index (χ2v) is 8.25. The van der Waals surface area contributed by atoms with Crippen LogP contribution in [0.5, 0.6) is 0 Å². The van der Waals surface area contributed by atoms with E-state index < -0.39 is 5.91 Å². The molecule has 0 radical (unpaired) electrons. The van der Waals surface area contributed by atoms with E-state index in [9.17, 15) is 9.59 Å². The Hall–Kier alpha value is -3.61. The van der Waals surface area contributed by atoms with E-state index in [1.165, 1.54) is 4.57 Å². The highest BCUT2D eigenvalue weighted by Gasteiger charge is 2.29. The van der Waals surface area contributed by atoms with Crippen LogP contribution < -0.4 is 16.2 Å². The lowest BCUT2D eigenvalue weighted by molar-refractivity contribution is 0.0999. The number of piperidine rings is 1. The Morgan fingerprint density at radius 2 is 1.90 bits per heavy atom. The molecule has 2 aromatic carbocycles. The summed E-state index contributed by atoms with van der Waals surface area (Å²) in [4.78, 5) is 32.0. The van der Waals surface area contributed by atoms with Crippen molar-refractivity contribution in [2.75, 3.05) is 18.0 Å². The van der Waals surface area contributed by atoms with Gasteiger partial charge < -0.3 is 19.6 Å². The number of carbonyl (C=O) groups is 1. The van der Waals surface area contributed by atoms with Gasteiger partial charge in [0, 0.05) is 31.4 Å². The number of nitrogens with two attached hydrogens (primary N) is 1. The maximum Gasteiger partial charge on any atom is 0.265 e. The first kappa shape index (κ1) is 19.4. The molecule has 1 amide bonds. The first-order valence-electron chi connectivity index (χ1n) is 10.5. The number of para-hydroxylation sites is 1. The number of oxazole rings is 1. The number of rotatable bonds is 3. The highest BCUT2D eigenvalue weighted by Crippen LogP contribution is 2.35. The van der Waals surface area contributed by atoms with Crippen molar-refractivity contribution in [1.82, 2.24) is 9.55 Å². The standard InChI is InChI=1S/C24H24N4O3/c1-14-7-8-19-17(13-14)26-23(31-19)15-9-11-28(12-10-15)21-16-5-3-4-6-18(16)27(2)24(30)20(21)22(25)29/h3-8,13,15H,9-12H2,1-2H3,(H2,25,29). The number of amides is 1. The van der Waals surface area contributed by atoms with E-state index >= 15 is 0 Å². The second-order valence-electron chi connectivity index (χ2n) is 8.25. The number of primary amides is 1. The number of pyridine rings is 1. The quantitative estimate of drug-likeness (QED) is 0.552. The predicted octanol–water partition coefficient (Wildman–Crippen LogP) is 3.47. The first-order chi connectivity index (χ1) is 14.9. The maximum atomic E-state index is 12.9. The fourth-order valence-electron chi connectivity index (χ4n) is 4.61. The summed E-state index contributed by atoms with van der Waals surface area (Å²) in [5, 5.41) is 0.856. The molecule has 1 fully saturated rings. The Kier molecular flexibility index (Phi) is 4.54. The fraction of sp³-hybridized carbons (Fsp3) is 0.292. The molecule has 31 heavy (non-hydrogen) atoms. The van der Waals surface area contributed by atoms with Crippen LogP contribution in [0.1, 0.15) is 40.6 Å². The normalized spacial score (nSPS) is 15.1. The number of hydrogen-bond acceptors (Lipinski definition) is 5. The van der Waals surface area contributed by atoms with Gasteiger partial charge >= 0.3 is 0 Å². The van der Waals surface area contributed by atoms with Gasteiger partial charge in [0.15, 0.2) is 11.5 Å². The number of carbonyl (C=O) groups excluding carboxylic acids is 1. The van der Waals surface area contributed by atoms with Crippen LogP contribution >= 0.6 is 0 Å². The summed E-state index contributed by atoms with van der Waals surface area (Å²) in [5.41, 5.74) is 9.59. The molecule has 0 saturated carbocycles. The number of nitrogens with zero attached hydrogens (tertiary/aromatic N) is 3. The van der Waals surface area contributed by atoms with Gasteiger partial charge in [-0.15, -0.1) is 0 Å². The van der Waals surface area contributed by atoms with Crippen molar-refractivity contribution in [2.45, 2.75) is 25.7 Å². The van der Waals surface area contributed by atoms with Gasteiger partial charge in [0.2, 0.25) is 0 Å². The lowest BCUT2D eigenvalue weighted by Gasteiger charge is -2.34. The molecule has 4 aromatic rings. The number of fused-ring (bicyclic) bond motifs is 2. The zero-order valence-electron chi connectivity index (χ0n) is 17.6. The Morgan fingerprint density at radius 3 is 2.65 bits per heavy atom. The van der Waals surface area contributed by atoms with Crippen LogP contribution in [0.25, 0.3) is 22.0 Å². The Bertz CT molecular complexity index is 1380. The number of anilines is 1. The van der Waals surface area contributed by atoms with E-state index in [1.807, 2.05) is 49.4 Å². The van der Waals surface area contributed by atoms with E-state index in [0.29, 0.717) is 18.8 Å². The molecule has 158 valence electrons. The van der Waals surface area contributed by atoms with Gasteiger partial charge in [-0.25, -0.2) is 4.98 Å². The largest absolute Gasteiger partial charge is 0.440 e. The lowest BCUT2D eigenvalue weighted by atomic mass is 9.95. The summed E-state index contributed by atoms with van der Waals surface area (Å²) in [6.45, 7) is 3.40. The second kappa shape index (κ2) is 7.27. The van der Waals surface area contributed by atoms with Crippen molar-refractivity contribution in [3.63, 3.8) is 0 Å².